The van der Waals surface area contributed by atoms with Crippen molar-refractivity contribution in [2.45, 2.75) is 18.6 Å². The summed E-state index contributed by atoms with van der Waals surface area (Å²) < 4.78 is 5.95. The summed E-state index contributed by atoms with van der Waals surface area (Å²) in [7, 11) is 0. The molecule has 0 amide bonds. The van der Waals surface area contributed by atoms with E-state index in [-0.39, 0.29) is 22.8 Å². The lowest BCUT2D eigenvalue weighted by Gasteiger charge is -2.36. The van der Waals surface area contributed by atoms with Crippen molar-refractivity contribution < 1.29 is 9.66 Å². The van der Waals surface area contributed by atoms with Crippen LogP contribution in [-0.2, 0) is 4.74 Å². The summed E-state index contributed by atoms with van der Waals surface area (Å²) in [6.45, 7) is 0.715. The van der Waals surface area contributed by atoms with Crippen molar-refractivity contribution in [3.8, 4) is 0 Å². The topological polar surface area (TPSA) is 64.4 Å². The zero-order valence-corrected chi connectivity index (χ0v) is 13.0. The Labute approximate surface area is 138 Å². The van der Waals surface area contributed by atoms with Gasteiger partial charge in [0.25, 0.3) is 5.69 Å². The van der Waals surface area contributed by atoms with E-state index in [0.29, 0.717) is 17.5 Å². The molecule has 6 heteroatoms. The van der Waals surface area contributed by atoms with E-state index in [1.807, 2.05) is 30.3 Å². The summed E-state index contributed by atoms with van der Waals surface area (Å²) in [5.74, 6) is 0.294. The summed E-state index contributed by atoms with van der Waals surface area (Å²) in [5.41, 5.74) is 3.26. The van der Waals surface area contributed by atoms with Crippen molar-refractivity contribution in [2.24, 2.45) is 5.92 Å². The van der Waals surface area contributed by atoms with Gasteiger partial charge in [-0.1, -0.05) is 23.7 Å². The summed E-state index contributed by atoms with van der Waals surface area (Å²) in [4.78, 5) is 10.4. The molecule has 2 aromatic rings. The molecule has 0 aromatic heterocycles. The number of hydrogen-bond donors (Lipinski definition) is 1. The largest absolute Gasteiger partial charge is 0.378 e. The fourth-order valence-corrected chi connectivity index (χ4v) is 3.76. The van der Waals surface area contributed by atoms with Crippen LogP contribution in [0, 0.1) is 16.0 Å². The van der Waals surface area contributed by atoms with Crippen LogP contribution in [0.5, 0.6) is 0 Å². The van der Waals surface area contributed by atoms with Crippen LogP contribution in [-0.4, -0.2) is 11.5 Å². The van der Waals surface area contributed by atoms with Crippen LogP contribution in [0.4, 0.5) is 11.4 Å². The van der Waals surface area contributed by atoms with Crippen molar-refractivity contribution in [1.82, 2.24) is 0 Å². The van der Waals surface area contributed by atoms with E-state index in [1.165, 1.54) is 0 Å². The fourth-order valence-electron chi connectivity index (χ4n) is 3.58. The Bertz CT molecular complexity index is 763. The third-order valence-corrected chi connectivity index (χ3v) is 4.89. The van der Waals surface area contributed by atoms with Crippen LogP contribution in [0.3, 0.4) is 0 Å². The maximum Gasteiger partial charge on any atom is 0.269 e. The molecule has 4 rings (SSSR count). The van der Waals surface area contributed by atoms with Crippen molar-refractivity contribution in [3.63, 3.8) is 0 Å². The third kappa shape index (κ3) is 2.46. The molecule has 3 atom stereocenters. The van der Waals surface area contributed by atoms with Crippen LogP contribution < -0.4 is 5.32 Å². The lowest BCUT2D eigenvalue weighted by atomic mass is 9.81. The highest BCUT2D eigenvalue weighted by Gasteiger charge is 2.41. The van der Waals surface area contributed by atoms with Crippen LogP contribution >= 0.6 is 11.6 Å². The molecule has 1 N–H and O–H groups in total. The number of fused-ring (bicyclic) bond motifs is 3. The second-order valence-electron chi connectivity index (χ2n) is 5.95. The number of non-ortho nitro benzene ring substituents is 1. The summed E-state index contributed by atoms with van der Waals surface area (Å²) in [6.07, 6.45) is 0.968. The van der Waals surface area contributed by atoms with Crippen molar-refractivity contribution in [2.75, 3.05) is 11.9 Å². The number of nitro benzene ring substituents is 1. The summed E-state index contributed by atoms with van der Waals surface area (Å²) in [6, 6.07) is 12.6. The minimum atomic E-state index is -0.378. The van der Waals surface area contributed by atoms with Gasteiger partial charge in [0.1, 0.15) is 0 Å². The summed E-state index contributed by atoms with van der Waals surface area (Å²) >= 11 is 6.12. The van der Waals surface area contributed by atoms with Gasteiger partial charge < -0.3 is 10.1 Å². The van der Waals surface area contributed by atoms with Gasteiger partial charge in [0.15, 0.2) is 0 Å². The molecule has 0 bridgehead atoms. The lowest BCUT2D eigenvalue weighted by molar-refractivity contribution is -0.384. The normalized spacial score (nSPS) is 25.3. The van der Waals surface area contributed by atoms with Gasteiger partial charge in [0.2, 0.25) is 0 Å². The number of nitrogens with zero attached hydrogens (tertiary/aromatic N) is 1. The Hall–Kier alpha value is -2.11. The highest BCUT2D eigenvalue weighted by molar-refractivity contribution is 6.30. The minimum Gasteiger partial charge on any atom is -0.378 e. The molecule has 1 fully saturated rings. The Morgan fingerprint density at radius 3 is 2.74 bits per heavy atom. The number of anilines is 1. The first-order valence-electron chi connectivity index (χ1n) is 7.55. The third-order valence-electron chi connectivity index (χ3n) is 4.66. The van der Waals surface area contributed by atoms with Gasteiger partial charge in [0.05, 0.1) is 17.1 Å². The Balaban J connectivity index is 1.72. The van der Waals surface area contributed by atoms with Crippen LogP contribution in [0.25, 0.3) is 0 Å². The van der Waals surface area contributed by atoms with Gasteiger partial charge in [-0.3, -0.25) is 10.1 Å². The fraction of sp³-hybridized carbons (Fsp3) is 0.294. The first-order valence-corrected chi connectivity index (χ1v) is 7.93. The Kier molecular flexibility index (Phi) is 3.47. The molecule has 23 heavy (non-hydrogen) atoms. The van der Waals surface area contributed by atoms with Gasteiger partial charge in [-0.25, -0.2) is 0 Å². The van der Waals surface area contributed by atoms with E-state index in [4.69, 9.17) is 16.3 Å². The molecule has 1 saturated heterocycles. The molecule has 118 valence electrons. The van der Waals surface area contributed by atoms with Crippen molar-refractivity contribution in [1.29, 1.82) is 0 Å². The molecule has 2 aliphatic rings. The number of nitrogens with one attached hydrogen (secondary N) is 1. The van der Waals surface area contributed by atoms with Gasteiger partial charge >= 0.3 is 0 Å². The number of rotatable bonds is 2. The maximum absolute atomic E-state index is 10.8. The molecule has 0 unspecified atom stereocenters. The molecule has 0 aliphatic carbocycles. The first-order chi connectivity index (χ1) is 11.1. The van der Waals surface area contributed by atoms with Crippen molar-refractivity contribution in [3.05, 3.63) is 68.7 Å². The average Bonchev–Trinajstić information content (AvgIpc) is 3.04. The highest BCUT2D eigenvalue weighted by Crippen LogP contribution is 2.50. The maximum atomic E-state index is 10.8. The molecule has 5 nitrogen and oxygen atoms in total. The van der Waals surface area contributed by atoms with E-state index in [0.717, 1.165) is 23.2 Å². The quantitative estimate of drug-likeness (QED) is 0.650. The number of halogens is 1. The predicted molar refractivity (Wildman–Crippen MR) is 87.7 cm³/mol. The molecule has 0 spiro atoms. The van der Waals surface area contributed by atoms with Gasteiger partial charge in [-0.2, -0.15) is 0 Å². The van der Waals surface area contributed by atoms with E-state index >= 15 is 0 Å². The highest BCUT2D eigenvalue weighted by atomic mass is 35.5. The lowest BCUT2D eigenvalue weighted by Crippen LogP contribution is -2.29. The Morgan fingerprint density at radius 2 is 2.00 bits per heavy atom. The molecular weight excluding hydrogens is 316 g/mol. The van der Waals surface area contributed by atoms with E-state index in [1.54, 1.807) is 12.1 Å². The smallest absolute Gasteiger partial charge is 0.269 e. The molecule has 2 aromatic carbocycles. The Morgan fingerprint density at radius 1 is 1.22 bits per heavy atom. The molecule has 0 saturated carbocycles. The molecule has 2 heterocycles. The number of hydrogen-bond acceptors (Lipinski definition) is 4. The summed E-state index contributed by atoms with van der Waals surface area (Å²) in [5, 5.41) is 15.1. The van der Waals surface area contributed by atoms with Crippen molar-refractivity contribution >= 4 is 23.0 Å². The number of ether oxygens (including phenoxy) is 1. The van der Waals surface area contributed by atoms with E-state index < -0.39 is 0 Å². The molecular formula is C17H15ClN2O3. The van der Waals surface area contributed by atoms with E-state index in [2.05, 4.69) is 5.32 Å². The number of benzene rings is 2. The zero-order valence-electron chi connectivity index (χ0n) is 12.2. The predicted octanol–water partition coefficient (Wildman–Crippen LogP) is 4.49. The van der Waals surface area contributed by atoms with Crippen LogP contribution in [0.1, 0.15) is 29.7 Å². The van der Waals surface area contributed by atoms with E-state index in [9.17, 15) is 10.1 Å². The zero-order chi connectivity index (χ0) is 16.0. The van der Waals surface area contributed by atoms with Crippen LogP contribution in [0.2, 0.25) is 5.02 Å². The van der Waals surface area contributed by atoms with Gasteiger partial charge in [-0.05, 0) is 30.2 Å². The SMILES string of the molecule is O=[N+]([O-])c1ccc([C@H]2Nc3ccc(Cl)cc3[C@H]3OCC[C@@H]23)cc1. The second kappa shape index (κ2) is 5.51. The van der Waals surface area contributed by atoms with Gasteiger partial charge in [0, 0.05) is 40.9 Å². The van der Waals surface area contributed by atoms with Crippen LogP contribution in [0.15, 0.2) is 42.5 Å². The minimum absolute atomic E-state index is 0.0186. The molecule has 0 radical (unpaired) electrons. The first kappa shape index (κ1) is 14.5. The number of nitro groups is 1. The monoisotopic (exact) mass is 330 g/mol. The van der Waals surface area contributed by atoms with Gasteiger partial charge in [-0.15, -0.1) is 0 Å². The molecule has 2 aliphatic heterocycles. The average molecular weight is 331 g/mol. The second-order valence-corrected chi connectivity index (χ2v) is 6.38. The standard InChI is InChI=1S/C17H15ClN2O3/c18-11-3-6-15-14(9-11)17-13(7-8-23-17)16(19-15)10-1-4-12(5-2-10)20(21)22/h1-6,9,13,16-17,19H,7-8H2/t13-,16+,17-/m0/s1.